The second-order valence-corrected chi connectivity index (χ2v) is 9.86. The molecule has 206 valence electrons. The van der Waals surface area contributed by atoms with Crippen LogP contribution in [0.15, 0.2) is 121 Å². The van der Waals surface area contributed by atoms with E-state index in [0.29, 0.717) is 26.4 Å². The third kappa shape index (κ3) is 7.87. The highest BCUT2D eigenvalue weighted by Crippen LogP contribution is 2.25. The molecule has 40 heavy (non-hydrogen) atoms. The van der Waals surface area contributed by atoms with E-state index in [4.69, 9.17) is 18.9 Å². The first-order chi connectivity index (χ1) is 19.8. The quantitative estimate of drug-likeness (QED) is 0.156. The molecule has 0 aliphatic carbocycles. The van der Waals surface area contributed by atoms with E-state index in [2.05, 4.69) is 0 Å². The van der Waals surface area contributed by atoms with Crippen LogP contribution in [-0.2, 0) is 45.4 Å². The molecule has 0 fully saturated rings. The molecule has 0 saturated carbocycles. The summed E-state index contributed by atoms with van der Waals surface area (Å²) in [5, 5.41) is 13.5. The Balaban J connectivity index is 1.38. The summed E-state index contributed by atoms with van der Waals surface area (Å²) in [5.74, 6) is 0. The van der Waals surface area contributed by atoms with E-state index >= 15 is 0 Å². The summed E-state index contributed by atoms with van der Waals surface area (Å²) >= 11 is 0. The van der Waals surface area contributed by atoms with Crippen molar-refractivity contribution < 1.29 is 23.7 Å². The average molecular weight is 538 g/mol. The van der Waals surface area contributed by atoms with Gasteiger partial charge in [-0.25, -0.2) is 4.74 Å². The molecule has 0 saturated heterocycles. The predicted octanol–water partition coefficient (Wildman–Crippen LogP) is 5.92. The fourth-order valence-electron chi connectivity index (χ4n) is 4.76. The molecule has 0 amide bonds. The van der Waals surface area contributed by atoms with E-state index in [1.807, 2.05) is 121 Å². The SMILES string of the molecule is [O-][N+]1=C[C@H](OCc2ccccc2)[C@@H](OCc2ccccc2)[C@H](OCc2ccccc2)[C@H]1COCc1ccccc1. The highest BCUT2D eigenvalue weighted by Gasteiger charge is 2.46. The number of nitrogens with zero attached hydrogens (tertiary/aromatic N) is 1. The van der Waals surface area contributed by atoms with Gasteiger partial charge in [0.05, 0.1) is 26.4 Å². The number of benzene rings is 4. The van der Waals surface area contributed by atoms with Crippen molar-refractivity contribution in [1.82, 2.24) is 0 Å². The van der Waals surface area contributed by atoms with Gasteiger partial charge >= 0.3 is 0 Å². The van der Waals surface area contributed by atoms with Crippen LogP contribution in [0.3, 0.4) is 0 Å². The lowest BCUT2D eigenvalue weighted by atomic mass is 9.97. The summed E-state index contributed by atoms with van der Waals surface area (Å²) in [6.07, 6.45) is -0.156. The number of ether oxygens (including phenoxy) is 4. The molecule has 5 rings (SSSR count). The summed E-state index contributed by atoms with van der Waals surface area (Å²) in [6.45, 7) is 1.64. The maximum absolute atomic E-state index is 13.5. The van der Waals surface area contributed by atoms with Gasteiger partial charge in [-0.1, -0.05) is 121 Å². The van der Waals surface area contributed by atoms with Crippen LogP contribution in [0.4, 0.5) is 0 Å². The van der Waals surface area contributed by atoms with Crippen molar-refractivity contribution in [2.24, 2.45) is 0 Å². The Hall–Kier alpha value is -3.81. The Morgan fingerprint density at radius 2 is 0.900 bits per heavy atom. The smallest absolute Gasteiger partial charge is 0.214 e. The molecule has 0 radical (unpaired) electrons. The van der Waals surface area contributed by atoms with Crippen molar-refractivity contribution in [3.05, 3.63) is 149 Å². The van der Waals surface area contributed by atoms with Gasteiger partial charge in [-0.15, -0.1) is 0 Å². The Morgan fingerprint density at radius 3 is 1.38 bits per heavy atom. The summed E-state index contributed by atoms with van der Waals surface area (Å²) in [4.78, 5) is 0. The van der Waals surface area contributed by atoms with Gasteiger partial charge in [0.2, 0.25) is 6.04 Å². The molecular formula is C34H35NO5. The maximum atomic E-state index is 13.5. The fourth-order valence-corrected chi connectivity index (χ4v) is 4.76. The van der Waals surface area contributed by atoms with Gasteiger partial charge in [-0.05, 0) is 22.3 Å². The first-order valence-corrected chi connectivity index (χ1v) is 13.6. The molecule has 6 heteroatoms. The van der Waals surface area contributed by atoms with E-state index in [0.717, 1.165) is 27.0 Å². The highest BCUT2D eigenvalue weighted by molar-refractivity contribution is 5.60. The molecule has 1 aliphatic heterocycles. The maximum Gasteiger partial charge on any atom is 0.214 e. The highest BCUT2D eigenvalue weighted by atomic mass is 16.6. The molecule has 0 unspecified atom stereocenters. The van der Waals surface area contributed by atoms with Gasteiger partial charge in [0.25, 0.3) is 0 Å². The van der Waals surface area contributed by atoms with Gasteiger partial charge in [0.15, 0.2) is 18.4 Å². The molecule has 4 aromatic rings. The zero-order valence-electron chi connectivity index (χ0n) is 22.5. The van der Waals surface area contributed by atoms with E-state index in [9.17, 15) is 5.21 Å². The van der Waals surface area contributed by atoms with Crippen LogP contribution in [0.1, 0.15) is 22.3 Å². The largest absolute Gasteiger partial charge is 0.624 e. The summed E-state index contributed by atoms with van der Waals surface area (Å²) in [5.41, 5.74) is 4.11. The fraction of sp³-hybridized carbons (Fsp3) is 0.265. The van der Waals surface area contributed by atoms with Crippen LogP contribution in [-0.4, -0.2) is 41.9 Å². The number of hydroxylamine groups is 1. The Kier molecular flexibility index (Phi) is 10.1. The Morgan fingerprint density at radius 1 is 0.500 bits per heavy atom. The van der Waals surface area contributed by atoms with Crippen molar-refractivity contribution in [1.29, 1.82) is 0 Å². The monoisotopic (exact) mass is 537 g/mol. The predicted molar refractivity (Wildman–Crippen MR) is 155 cm³/mol. The lowest BCUT2D eigenvalue weighted by Crippen LogP contribution is -2.58. The number of hydrogen-bond acceptors (Lipinski definition) is 5. The lowest BCUT2D eigenvalue weighted by Gasteiger charge is -2.38. The molecule has 0 aromatic heterocycles. The van der Waals surface area contributed by atoms with Crippen LogP contribution in [0.2, 0.25) is 0 Å². The van der Waals surface area contributed by atoms with Crippen molar-refractivity contribution in [3.8, 4) is 0 Å². The second kappa shape index (κ2) is 14.5. The summed E-state index contributed by atoms with van der Waals surface area (Å²) < 4.78 is 26.3. The third-order valence-electron chi connectivity index (χ3n) is 6.90. The standard InChI is InChI=1S/C34H35NO5/c36-35-21-32(38-23-28-15-7-2-8-16-28)34(40-25-30-19-11-4-12-20-30)33(39-24-29-17-9-3-10-18-29)31(35)26-37-22-27-13-5-1-6-14-27/h1-21,31-34H,22-26H2/t31-,32+,33-,34-/m1/s1. The van der Waals surface area contributed by atoms with E-state index < -0.39 is 24.4 Å². The van der Waals surface area contributed by atoms with Crippen molar-refractivity contribution >= 4 is 6.21 Å². The lowest BCUT2D eigenvalue weighted by molar-refractivity contribution is -0.531. The minimum Gasteiger partial charge on any atom is -0.624 e. The van der Waals surface area contributed by atoms with Gasteiger partial charge < -0.3 is 24.2 Å². The molecule has 1 aliphatic rings. The van der Waals surface area contributed by atoms with Crippen LogP contribution in [0, 0.1) is 5.21 Å². The molecule has 0 spiro atoms. The van der Waals surface area contributed by atoms with Crippen LogP contribution >= 0.6 is 0 Å². The van der Waals surface area contributed by atoms with Crippen LogP contribution < -0.4 is 0 Å². The molecule has 0 N–H and O–H groups in total. The minimum atomic E-state index is -0.607. The van der Waals surface area contributed by atoms with Crippen molar-refractivity contribution in [3.63, 3.8) is 0 Å². The number of hydrogen-bond donors (Lipinski definition) is 0. The van der Waals surface area contributed by atoms with E-state index in [1.165, 1.54) is 0 Å². The van der Waals surface area contributed by atoms with E-state index in [1.54, 1.807) is 6.21 Å². The minimum absolute atomic E-state index is 0.185. The van der Waals surface area contributed by atoms with Gasteiger partial charge in [-0.3, -0.25) is 0 Å². The molecule has 1 heterocycles. The summed E-state index contributed by atoms with van der Waals surface area (Å²) in [7, 11) is 0. The molecule has 0 bridgehead atoms. The van der Waals surface area contributed by atoms with Gasteiger partial charge in [-0.2, -0.15) is 0 Å². The Bertz CT molecular complexity index is 1300. The first-order valence-electron chi connectivity index (χ1n) is 13.6. The average Bonchev–Trinajstić information content (AvgIpc) is 3.01. The first kappa shape index (κ1) is 27.7. The summed E-state index contributed by atoms with van der Waals surface area (Å²) in [6, 6.07) is 39.2. The van der Waals surface area contributed by atoms with Crippen LogP contribution in [0.25, 0.3) is 0 Å². The van der Waals surface area contributed by atoms with Gasteiger partial charge in [0, 0.05) is 0 Å². The van der Waals surface area contributed by atoms with Crippen molar-refractivity contribution in [2.45, 2.75) is 50.8 Å². The molecular weight excluding hydrogens is 502 g/mol. The van der Waals surface area contributed by atoms with Crippen molar-refractivity contribution in [2.75, 3.05) is 6.61 Å². The number of rotatable bonds is 13. The zero-order valence-corrected chi connectivity index (χ0v) is 22.5. The topological polar surface area (TPSA) is 63.0 Å². The normalized spacial score (nSPS) is 20.6. The molecule has 6 nitrogen and oxygen atoms in total. The zero-order chi connectivity index (χ0) is 27.4. The Labute approximate surface area is 236 Å². The van der Waals surface area contributed by atoms with Gasteiger partial charge in [0.1, 0.15) is 12.7 Å². The molecule has 4 aromatic carbocycles. The third-order valence-corrected chi connectivity index (χ3v) is 6.90. The van der Waals surface area contributed by atoms with Crippen LogP contribution in [0.5, 0.6) is 0 Å². The molecule has 4 atom stereocenters. The van der Waals surface area contributed by atoms with E-state index in [-0.39, 0.29) is 6.61 Å². The second-order valence-electron chi connectivity index (χ2n) is 9.86.